The van der Waals surface area contributed by atoms with E-state index in [1.165, 1.54) is 7.11 Å². The van der Waals surface area contributed by atoms with E-state index >= 15 is 0 Å². The predicted octanol–water partition coefficient (Wildman–Crippen LogP) is 1.30. The van der Waals surface area contributed by atoms with Gasteiger partial charge in [-0.2, -0.15) is 4.98 Å². The number of fused-ring (bicyclic) bond motifs is 1. The lowest BCUT2D eigenvalue weighted by atomic mass is 10.2. The van der Waals surface area contributed by atoms with Crippen molar-refractivity contribution in [1.29, 1.82) is 0 Å². The number of nitrogens with two attached hydrogens (primary N) is 1. The summed E-state index contributed by atoms with van der Waals surface area (Å²) < 4.78 is 10.1. The van der Waals surface area contributed by atoms with E-state index in [0.717, 1.165) is 11.1 Å². The third kappa shape index (κ3) is 1.36. The van der Waals surface area contributed by atoms with Gasteiger partial charge < -0.3 is 14.9 Å². The Morgan fingerprint density at radius 2 is 2.38 bits per heavy atom. The molecule has 0 amide bonds. The molecule has 68 valence electrons. The summed E-state index contributed by atoms with van der Waals surface area (Å²) in [4.78, 5) is 4.08. The topological polar surface area (TPSA) is 61.3 Å². The van der Waals surface area contributed by atoms with Crippen molar-refractivity contribution in [3.8, 4) is 6.08 Å². The summed E-state index contributed by atoms with van der Waals surface area (Å²) in [7, 11) is 1.52. The van der Waals surface area contributed by atoms with Crippen LogP contribution in [-0.4, -0.2) is 12.1 Å². The molecule has 0 saturated carbocycles. The van der Waals surface area contributed by atoms with Crippen molar-refractivity contribution in [3.63, 3.8) is 0 Å². The van der Waals surface area contributed by atoms with E-state index in [-0.39, 0.29) is 6.08 Å². The number of rotatable bonds is 2. The second-order valence-electron chi connectivity index (χ2n) is 2.69. The molecule has 0 spiro atoms. The van der Waals surface area contributed by atoms with E-state index in [0.29, 0.717) is 12.1 Å². The van der Waals surface area contributed by atoms with Crippen LogP contribution in [0.25, 0.3) is 11.1 Å². The molecule has 1 heterocycles. The molecule has 1 aromatic heterocycles. The molecule has 13 heavy (non-hydrogen) atoms. The molecule has 0 aliphatic heterocycles. The molecule has 0 radical (unpaired) electrons. The summed E-state index contributed by atoms with van der Waals surface area (Å²) in [6, 6.07) is 5.65. The SMILES string of the molecule is COc1nc2ccc(CN)cc2o1. The van der Waals surface area contributed by atoms with Crippen LogP contribution in [0.1, 0.15) is 5.56 Å². The standard InChI is InChI=1S/C9H10N2O2/c1-12-9-11-7-3-2-6(5-10)4-8(7)13-9/h2-4H,5,10H2,1H3. The van der Waals surface area contributed by atoms with Crippen molar-refractivity contribution in [1.82, 2.24) is 4.98 Å². The number of nitrogens with zero attached hydrogens (tertiary/aromatic N) is 1. The van der Waals surface area contributed by atoms with Crippen LogP contribution in [-0.2, 0) is 6.54 Å². The number of oxazole rings is 1. The van der Waals surface area contributed by atoms with E-state index < -0.39 is 0 Å². The highest BCUT2D eigenvalue weighted by Crippen LogP contribution is 2.20. The van der Waals surface area contributed by atoms with Gasteiger partial charge in [0.2, 0.25) is 0 Å². The molecule has 0 atom stereocenters. The normalized spacial score (nSPS) is 10.6. The first-order valence-electron chi connectivity index (χ1n) is 3.97. The molecular weight excluding hydrogens is 168 g/mol. The van der Waals surface area contributed by atoms with Gasteiger partial charge in [-0.3, -0.25) is 0 Å². The highest BCUT2D eigenvalue weighted by Gasteiger charge is 2.04. The average molecular weight is 178 g/mol. The predicted molar refractivity (Wildman–Crippen MR) is 48.5 cm³/mol. The van der Waals surface area contributed by atoms with Crippen molar-refractivity contribution in [3.05, 3.63) is 23.8 Å². The monoisotopic (exact) mass is 178 g/mol. The van der Waals surface area contributed by atoms with Gasteiger partial charge in [0, 0.05) is 6.54 Å². The fraction of sp³-hybridized carbons (Fsp3) is 0.222. The third-order valence-electron chi connectivity index (χ3n) is 1.84. The molecule has 0 fully saturated rings. The number of benzene rings is 1. The van der Waals surface area contributed by atoms with E-state index in [9.17, 15) is 0 Å². The molecule has 1 aromatic carbocycles. The second kappa shape index (κ2) is 3.06. The fourth-order valence-electron chi connectivity index (χ4n) is 1.16. The lowest BCUT2D eigenvalue weighted by molar-refractivity contribution is 0.299. The molecular formula is C9H10N2O2. The summed E-state index contributed by atoms with van der Waals surface area (Å²) >= 11 is 0. The van der Waals surface area contributed by atoms with Crippen LogP contribution in [0.2, 0.25) is 0 Å². The van der Waals surface area contributed by atoms with Crippen LogP contribution in [0.5, 0.6) is 6.08 Å². The number of aromatic nitrogens is 1. The Bertz CT molecular complexity index is 420. The molecule has 4 heteroatoms. The van der Waals surface area contributed by atoms with Crippen LogP contribution in [0.4, 0.5) is 0 Å². The Morgan fingerprint density at radius 3 is 3.08 bits per heavy atom. The van der Waals surface area contributed by atoms with Gasteiger partial charge in [0.25, 0.3) is 0 Å². The minimum absolute atomic E-state index is 0.282. The van der Waals surface area contributed by atoms with Gasteiger partial charge in [0.15, 0.2) is 5.58 Å². The molecule has 2 N–H and O–H groups in total. The quantitative estimate of drug-likeness (QED) is 0.752. The van der Waals surface area contributed by atoms with Crippen LogP contribution in [0, 0.1) is 0 Å². The first-order valence-corrected chi connectivity index (χ1v) is 3.97. The fourth-order valence-corrected chi connectivity index (χ4v) is 1.16. The Balaban J connectivity index is 2.57. The maximum atomic E-state index is 5.49. The van der Waals surface area contributed by atoms with E-state index in [2.05, 4.69) is 4.98 Å². The number of hydrogen-bond donors (Lipinski definition) is 1. The molecule has 0 saturated heterocycles. The first kappa shape index (κ1) is 8.07. The third-order valence-corrected chi connectivity index (χ3v) is 1.84. The molecule has 0 aliphatic rings. The van der Waals surface area contributed by atoms with Gasteiger partial charge in [-0.1, -0.05) is 6.07 Å². The van der Waals surface area contributed by atoms with Crippen LogP contribution < -0.4 is 10.5 Å². The second-order valence-corrected chi connectivity index (χ2v) is 2.69. The minimum atomic E-state index is 0.282. The number of ether oxygens (including phenoxy) is 1. The molecule has 2 aromatic rings. The van der Waals surface area contributed by atoms with Gasteiger partial charge in [0.1, 0.15) is 5.52 Å². The lowest BCUT2D eigenvalue weighted by Crippen LogP contribution is -1.94. The highest BCUT2D eigenvalue weighted by atomic mass is 16.6. The van der Waals surface area contributed by atoms with E-state index in [4.69, 9.17) is 14.9 Å². The first-order chi connectivity index (χ1) is 6.33. The summed E-state index contributed by atoms with van der Waals surface area (Å²) in [5.41, 5.74) is 8.00. The Hall–Kier alpha value is -1.55. The molecule has 4 nitrogen and oxygen atoms in total. The van der Waals surface area contributed by atoms with Crippen molar-refractivity contribution in [2.24, 2.45) is 5.73 Å². The van der Waals surface area contributed by atoms with Crippen LogP contribution in [0.15, 0.2) is 22.6 Å². The Morgan fingerprint density at radius 1 is 1.54 bits per heavy atom. The molecule has 0 aliphatic carbocycles. The minimum Gasteiger partial charge on any atom is -0.453 e. The van der Waals surface area contributed by atoms with Crippen molar-refractivity contribution in [2.75, 3.05) is 7.11 Å². The van der Waals surface area contributed by atoms with Crippen molar-refractivity contribution >= 4 is 11.1 Å². The van der Waals surface area contributed by atoms with Gasteiger partial charge in [-0.15, -0.1) is 0 Å². The average Bonchev–Trinajstić information content (AvgIpc) is 2.58. The van der Waals surface area contributed by atoms with Crippen molar-refractivity contribution < 1.29 is 9.15 Å². The summed E-state index contributed by atoms with van der Waals surface area (Å²) in [5.74, 6) is 0. The van der Waals surface area contributed by atoms with Gasteiger partial charge in [0.05, 0.1) is 7.11 Å². The largest absolute Gasteiger partial charge is 0.453 e. The van der Waals surface area contributed by atoms with E-state index in [1.54, 1.807) is 0 Å². The highest BCUT2D eigenvalue weighted by molar-refractivity contribution is 5.73. The van der Waals surface area contributed by atoms with Gasteiger partial charge >= 0.3 is 6.08 Å². The molecule has 0 bridgehead atoms. The summed E-state index contributed by atoms with van der Waals surface area (Å²) in [5, 5.41) is 0. The molecule has 2 rings (SSSR count). The molecule has 0 unspecified atom stereocenters. The number of hydrogen-bond acceptors (Lipinski definition) is 4. The number of methoxy groups -OCH3 is 1. The summed E-state index contributed by atoms with van der Waals surface area (Å²) in [6.45, 7) is 0.499. The van der Waals surface area contributed by atoms with E-state index in [1.807, 2.05) is 18.2 Å². The van der Waals surface area contributed by atoms with Crippen molar-refractivity contribution in [2.45, 2.75) is 6.54 Å². The lowest BCUT2D eigenvalue weighted by Gasteiger charge is -1.92. The smallest absolute Gasteiger partial charge is 0.394 e. The maximum absolute atomic E-state index is 5.49. The maximum Gasteiger partial charge on any atom is 0.394 e. The zero-order valence-electron chi connectivity index (χ0n) is 7.28. The van der Waals surface area contributed by atoms with Gasteiger partial charge in [-0.25, -0.2) is 0 Å². The van der Waals surface area contributed by atoms with Gasteiger partial charge in [-0.05, 0) is 17.7 Å². The Labute approximate surface area is 75.3 Å². The zero-order chi connectivity index (χ0) is 9.26. The summed E-state index contributed by atoms with van der Waals surface area (Å²) in [6.07, 6.45) is 0.282. The van der Waals surface area contributed by atoms with Crippen LogP contribution >= 0.6 is 0 Å². The zero-order valence-corrected chi connectivity index (χ0v) is 7.28. The van der Waals surface area contributed by atoms with Crippen LogP contribution in [0.3, 0.4) is 0 Å². The Kier molecular flexibility index (Phi) is 1.90.